The SMILES string of the molecule is C1=C(c2ccccc2)CCc2sc3c(-c4ccc5c(c4)c4ccccc4n5-c4ccc(-c5ccc6c(-c7ccccc7)c7ccccc7c(-c7ccccc7)c6c5)cc4)cc(-c4ccccc4)cc3c21. The van der Waals surface area contributed by atoms with Crippen molar-refractivity contribution in [2.24, 2.45) is 0 Å². The third-order valence-corrected chi connectivity index (χ3v) is 16.0. The van der Waals surface area contributed by atoms with Gasteiger partial charge in [0.25, 0.3) is 0 Å². The molecule has 1 aliphatic carbocycles. The van der Waals surface area contributed by atoms with Crippen LogP contribution in [0.4, 0.5) is 0 Å². The van der Waals surface area contributed by atoms with Gasteiger partial charge < -0.3 is 4.57 Å². The highest BCUT2D eigenvalue weighted by Gasteiger charge is 2.23. The number of aromatic nitrogens is 1. The van der Waals surface area contributed by atoms with Gasteiger partial charge >= 0.3 is 0 Å². The molecule has 0 N–H and O–H groups in total. The summed E-state index contributed by atoms with van der Waals surface area (Å²) in [6.45, 7) is 0. The minimum absolute atomic E-state index is 1.06. The van der Waals surface area contributed by atoms with Gasteiger partial charge in [0.1, 0.15) is 0 Å². The van der Waals surface area contributed by atoms with Crippen molar-refractivity contribution in [1.82, 2.24) is 4.57 Å². The van der Waals surface area contributed by atoms with Crippen molar-refractivity contribution >= 4 is 76.4 Å². The van der Waals surface area contributed by atoms with Crippen LogP contribution < -0.4 is 0 Å². The first-order chi connectivity index (χ1) is 34.7. The molecule has 1 nitrogen and oxygen atoms in total. The maximum absolute atomic E-state index is 2.47. The molecule has 0 saturated carbocycles. The third kappa shape index (κ3) is 6.67. The molecule has 2 heteroatoms. The molecule has 328 valence electrons. The highest BCUT2D eigenvalue weighted by atomic mass is 32.1. The molecule has 0 radical (unpaired) electrons. The van der Waals surface area contributed by atoms with Crippen LogP contribution in [0.25, 0.3) is 126 Å². The largest absolute Gasteiger partial charge is 0.309 e. The zero-order chi connectivity index (χ0) is 46.1. The van der Waals surface area contributed by atoms with Gasteiger partial charge in [-0.15, -0.1) is 11.3 Å². The van der Waals surface area contributed by atoms with Crippen LogP contribution in [-0.2, 0) is 6.42 Å². The van der Waals surface area contributed by atoms with E-state index in [4.69, 9.17) is 0 Å². The molecule has 1 aliphatic rings. The summed E-state index contributed by atoms with van der Waals surface area (Å²) in [5.74, 6) is 0. The fourth-order valence-electron chi connectivity index (χ4n) is 11.4. The summed E-state index contributed by atoms with van der Waals surface area (Å²) in [5.41, 5.74) is 20.1. The Labute approximate surface area is 411 Å². The molecular formula is C68H45NS. The highest BCUT2D eigenvalue weighted by Crippen LogP contribution is 2.48. The predicted molar refractivity (Wildman–Crippen MR) is 301 cm³/mol. The van der Waals surface area contributed by atoms with Gasteiger partial charge in [-0.2, -0.15) is 0 Å². The molecule has 14 rings (SSSR count). The number of hydrogen-bond donors (Lipinski definition) is 0. The average Bonchev–Trinajstić information content (AvgIpc) is 3.98. The lowest BCUT2D eigenvalue weighted by molar-refractivity contribution is 1.03. The standard InChI is InChI=1S/C68H45NS/c1-5-17-44(18-6-1)50-33-38-65-60(39-50)62-43-52(45-19-7-2-8-20-45)42-58(68(62)70-65)51-32-37-64-59(41-51)54-25-15-16-28-63(54)69(64)53-34-29-46(30-35-53)49-31-36-57-61(40-49)67(48-23-11-4-12-24-48)56-27-14-13-26-55(56)66(57)47-21-9-3-10-22-47/h1-32,34-37,39-43H,33,38H2. The van der Waals surface area contributed by atoms with Crippen molar-refractivity contribution in [3.05, 3.63) is 259 Å². The van der Waals surface area contributed by atoms with Gasteiger partial charge in [-0.05, 0) is 156 Å². The smallest absolute Gasteiger partial charge is 0.0541 e. The maximum atomic E-state index is 2.47. The second-order valence-corrected chi connectivity index (χ2v) is 19.8. The van der Waals surface area contributed by atoms with Gasteiger partial charge in [0.15, 0.2) is 0 Å². The minimum atomic E-state index is 1.06. The molecule has 0 atom stereocenters. The van der Waals surface area contributed by atoms with Crippen LogP contribution in [0.5, 0.6) is 0 Å². The maximum Gasteiger partial charge on any atom is 0.0541 e. The minimum Gasteiger partial charge on any atom is -0.309 e. The van der Waals surface area contributed by atoms with E-state index in [1.165, 1.54) is 131 Å². The third-order valence-electron chi connectivity index (χ3n) is 14.7. The summed E-state index contributed by atoms with van der Waals surface area (Å²) in [4.78, 5) is 1.48. The van der Waals surface area contributed by atoms with E-state index in [9.17, 15) is 0 Å². The number of fused-ring (bicyclic) bond motifs is 8. The molecular weight excluding hydrogens is 863 g/mol. The Morgan fingerprint density at radius 3 is 1.50 bits per heavy atom. The number of aryl methyl sites for hydroxylation is 1. The lowest BCUT2D eigenvalue weighted by atomic mass is 9.85. The fraction of sp³-hybridized carbons (Fsp3) is 0.0294. The molecule has 70 heavy (non-hydrogen) atoms. The second-order valence-electron chi connectivity index (χ2n) is 18.7. The number of thiophene rings is 1. The quantitative estimate of drug-likeness (QED) is 0.140. The van der Waals surface area contributed by atoms with Crippen LogP contribution in [0.3, 0.4) is 0 Å². The van der Waals surface area contributed by atoms with Crippen LogP contribution in [0.1, 0.15) is 22.4 Å². The first kappa shape index (κ1) is 40.5. The lowest BCUT2D eigenvalue weighted by Crippen LogP contribution is -1.95. The molecule has 11 aromatic carbocycles. The Morgan fingerprint density at radius 2 is 0.814 bits per heavy atom. The molecule has 13 aromatic rings. The Kier molecular flexibility index (Phi) is 9.60. The number of allylic oxidation sites excluding steroid dienone is 1. The first-order valence-corrected chi connectivity index (χ1v) is 25.2. The zero-order valence-electron chi connectivity index (χ0n) is 38.4. The monoisotopic (exact) mass is 907 g/mol. The Hall–Kier alpha value is -8.56. The Bertz CT molecular complexity index is 4180. The number of hydrogen-bond acceptors (Lipinski definition) is 1. The molecule has 0 amide bonds. The van der Waals surface area contributed by atoms with Crippen LogP contribution in [0, 0.1) is 0 Å². The van der Waals surface area contributed by atoms with E-state index < -0.39 is 0 Å². The van der Waals surface area contributed by atoms with E-state index in [1.807, 2.05) is 11.3 Å². The summed E-state index contributed by atoms with van der Waals surface area (Å²) in [7, 11) is 0. The summed E-state index contributed by atoms with van der Waals surface area (Å²) in [6.07, 6.45) is 4.59. The normalized spacial score (nSPS) is 12.5. The van der Waals surface area contributed by atoms with Gasteiger partial charge in [0.05, 0.1) is 11.0 Å². The molecule has 0 fully saturated rings. The van der Waals surface area contributed by atoms with Crippen molar-refractivity contribution in [3.8, 4) is 61.3 Å². The van der Waals surface area contributed by atoms with E-state index in [-0.39, 0.29) is 0 Å². The lowest BCUT2D eigenvalue weighted by Gasteiger charge is -2.19. The topological polar surface area (TPSA) is 4.93 Å². The van der Waals surface area contributed by atoms with Crippen molar-refractivity contribution in [2.75, 3.05) is 0 Å². The number of para-hydroxylation sites is 1. The summed E-state index contributed by atoms with van der Waals surface area (Å²) in [5, 5.41) is 8.90. The van der Waals surface area contributed by atoms with Crippen molar-refractivity contribution in [3.63, 3.8) is 0 Å². The number of benzene rings is 11. The van der Waals surface area contributed by atoms with Crippen LogP contribution in [0.2, 0.25) is 0 Å². The molecule has 0 unspecified atom stereocenters. The molecule has 0 bridgehead atoms. The predicted octanol–water partition coefficient (Wildman–Crippen LogP) is 19.1. The van der Waals surface area contributed by atoms with E-state index in [2.05, 4.69) is 253 Å². The first-order valence-electron chi connectivity index (χ1n) is 24.4. The van der Waals surface area contributed by atoms with Crippen molar-refractivity contribution in [2.45, 2.75) is 12.8 Å². The Balaban J connectivity index is 0.898. The van der Waals surface area contributed by atoms with Crippen LogP contribution in [-0.4, -0.2) is 4.57 Å². The summed E-state index contributed by atoms with van der Waals surface area (Å²) in [6, 6.07) is 89.6. The van der Waals surface area contributed by atoms with E-state index in [1.54, 1.807) is 0 Å². The second kappa shape index (κ2) is 16.6. The number of nitrogens with zero attached hydrogens (tertiary/aromatic N) is 1. The van der Waals surface area contributed by atoms with Crippen LogP contribution >= 0.6 is 11.3 Å². The summed E-state index contributed by atoms with van der Waals surface area (Å²) < 4.78 is 3.81. The van der Waals surface area contributed by atoms with Crippen LogP contribution in [0.15, 0.2) is 243 Å². The van der Waals surface area contributed by atoms with Crippen molar-refractivity contribution in [1.29, 1.82) is 0 Å². The summed E-state index contributed by atoms with van der Waals surface area (Å²) >= 11 is 1.98. The van der Waals surface area contributed by atoms with Crippen molar-refractivity contribution < 1.29 is 0 Å². The van der Waals surface area contributed by atoms with Gasteiger partial charge in [0.2, 0.25) is 0 Å². The fourth-order valence-corrected chi connectivity index (χ4v) is 12.7. The molecule has 0 spiro atoms. The van der Waals surface area contributed by atoms with E-state index in [0.717, 1.165) is 18.5 Å². The molecule has 0 saturated heterocycles. The zero-order valence-corrected chi connectivity index (χ0v) is 39.3. The number of rotatable bonds is 7. The highest BCUT2D eigenvalue weighted by molar-refractivity contribution is 7.20. The molecule has 2 heterocycles. The Morgan fingerprint density at radius 1 is 0.314 bits per heavy atom. The van der Waals surface area contributed by atoms with Gasteiger partial charge in [-0.25, -0.2) is 0 Å². The van der Waals surface area contributed by atoms with E-state index in [0.29, 0.717) is 0 Å². The molecule has 0 aliphatic heterocycles. The van der Waals surface area contributed by atoms with Gasteiger partial charge in [0, 0.05) is 37.0 Å². The van der Waals surface area contributed by atoms with E-state index >= 15 is 0 Å². The van der Waals surface area contributed by atoms with Gasteiger partial charge in [-0.3, -0.25) is 0 Å². The average molecular weight is 908 g/mol. The molecule has 2 aromatic heterocycles. The van der Waals surface area contributed by atoms with Gasteiger partial charge in [-0.1, -0.05) is 194 Å².